The molecule has 182 valence electrons. The average Bonchev–Trinajstić information content (AvgIpc) is 3.25. The van der Waals surface area contributed by atoms with E-state index in [9.17, 15) is 9.59 Å². The number of rotatable bonds is 9. The molecule has 4 atom stereocenters. The molecule has 3 fully saturated rings. The third-order valence-corrected chi connectivity index (χ3v) is 8.32. The molecule has 1 amide bonds. The Balaban J connectivity index is 1.40. The summed E-state index contributed by atoms with van der Waals surface area (Å²) in [7, 11) is 1.71. The van der Waals surface area contributed by atoms with Crippen LogP contribution < -0.4 is 0 Å². The first-order valence-electron chi connectivity index (χ1n) is 13.2. The zero-order valence-corrected chi connectivity index (χ0v) is 20.6. The highest BCUT2D eigenvalue weighted by atomic mass is 16.5. The number of carbonyl (C=O) groups is 2. The number of hydrogen-bond acceptors (Lipinski definition) is 4. The van der Waals surface area contributed by atoms with Crippen LogP contribution in [-0.2, 0) is 20.7 Å². The van der Waals surface area contributed by atoms with E-state index in [4.69, 9.17) is 4.74 Å². The molecule has 1 saturated carbocycles. The molecular weight excluding hydrogens is 412 g/mol. The standard InChI is InChI=1S/C28H42N2O3/c1-21(23-13-11-22(12-14-23)19-24-7-5-10-27(24)31)28(32)30(17-18-33-2)20-25-8-6-16-29-15-4-3-9-26(25)29/h11-14,21,24-26H,3-10,15-20H2,1-2H3/t21-,24-,25-,26+/m0/s1. The number of nitrogens with zero attached hydrogens (tertiary/aromatic N) is 2. The van der Waals surface area contributed by atoms with Gasteiger partial charge in [-0.05, 0) is 82.0 Å². The summed E-state index contributed by atoms with van der Waals surface area (Å²) in [5.41, 5.74) is 2.27. The fraction of sp³-hybridized carbons (Fsp3) is 0.714. The van der Waals surface area contributed by atoms with Gasteiger partial charge in [0, 0.05) is 38.6 Å². The smallest absolute Gasteiger partial charge is 0.229 e. The molecule has 0 unspecified atom stereocenters. The summed E-state index contributed by atoms with van der Waals surface area (Å²) in [5, 5.41) is 0. The minimum absolute atomic E-state index is 0.171. The van der Waals surface area contributed by atoms with Crippen molar-refractivity contribution in [3.8, 4) is 0 Å². The Morgan fingerprint density at radius 3 is 2.61 bits per heavy atom. The van der Waals surface area contributed by atoms with Gasteiger partial charge in [0.25, 0.3) is 0 Å². The lowest BCUT2D eigenvalue weighted by Crippen LogP contribution is -2.52. The number of ketones is 1. The van der Waals surface area contributed by atoms with Gasteiger partial charge in [-0.1, -0.05) is 30.7 Å². The summed E-state index contributed by atoms with van der Waals surface area (Å²) >= 11 is 0. The van der Waals surface area contributed by atoms with Gasteiger partial charge in [-0.15, -0.1) is 0 Å². The van der Waals surface area contributed by atoms with Gasteiger partial charge in [0.1, 0.15) is 5.78 Å². The predicted octanol–water partition coefficient (Wildman–Crippen LogP) is 4.44. The molecule has 0 aromatic heterocycles. The van der Waals surface area contributed by atoms with Gasteiger partial charge in [0.15, 0.2) is 0 Å². The van der Waals surface area contributed by atoms with Crippen LogP contribution in [0.5, 0.6) is 0 Å². The first kappa shape index (κ1) is 24.4. The summed E-state index contributed by atoms with van der Waals surface area (Å²) < 4.78 is 5.36. The van der Waals surface area contributed by atoms with Gasteiger partial charge >= 0.3 is 0 Å². The van der Waals surface area contributed by atoms with Crippen molar-refractivity contribution in [1.82, 2.24) is 9.80 Å². The second-order valence-electron chi connectivity index (χ2n) is 10.5. The van der Waals surface area contributed by atoms with Crippen LogP contribution in [0.3, 0.4) is 0 Å². The van der Waals surface area contributed by atoms with Crippen molar-refractivity contribution in [2.24, 2.45) is 11.8 Å². The predicted molar refractivity (Wildman–Crippen MR) is 131 cm³/mol. The molecular formula is C28H42N2O3. The first-order valence-corrected chi connectivity index (χ1v) is 13.2. The molecule has 4 rings (SSSR count). The lowest BCUT2D eigenvalue weighted by Gasteiger charge is -2.46. The quantitative estimate of drug-likeness (QED) is 0.553. The second-order valence-corrected chi connectivity index (χ2v) is 10.5. The highest BCUT2D eigenvalue weighted by molar-refractivity contribution is 5.84. The molecule has 2 saturated heterocycles. The van der Waals surface area contributed by atoms with Crippen LogP contribution in [0.4, 0.5) is 0 Å². The van der Waals surface area contributed by atoms with Crippen molar-refractivity contribution in [3.05, 3.63) is 35.4 Å². The fourth-order valence-electron chi connectivity index (χ4n) is 6.31. The minimum atomic E-state index is -0.171. The van der Waals surface area contributed by atoms with Crippen molar-refractivity contribution in [1.29, 1.82) is 0 Å². The highest BCUT2D eigenvalue weighted by Crippen LogP contribution is 2.32. The van der Waals surface area contributed by atoms with Crippen LogP contribution in [0.25, 0.3) is 0 Å². The van der Waals surface area contributed by atoms with Crippen molar-refractivity contribution < 1.29 is 14.3 Å². The topological polar surface area (TPSA) is 49.9 Å². The maximum atomic E-state index is 13.6. The van der Waals surface area contributed by atoms with E-state index in [0.717, 1.165) is 37.8 Å². The molecule has 5 heteroatoms. The number of carbonyl (C=O) groups excluding carboxylic acids is 2. The molecule has 0 spiro atoms. The number of hydrogen-bond donors (Lipinski definition) is 0. The van der Waals surface area contributed by atoms with E-state index in [0.29, 0.717) is 30.9 Å². The molecule has 33 heavy (non-hydrogen) atoms. The number of Topliss-reactive ketones (excluding diaryl/α,β-unsaturated/α-hetero) is 1. The Labute approximate surface area is 199 Å². The van der Waals surface area contributed by atoms with E-state index in [1.807, 2.05) is 6.92 Å². The SMILES string of the molecule is COCCN(C[C@@H]1CCCN2CCCC[C@H]12)C(=O)[C@@H](C)c1ccc(C[C@@H]2CCCC2=O)cc1. The zero-order chi connectivity index (χ0) is 23.2. The number of fused-ring (bicyclic) bond motifs is 1. The van der Waals surface area contributed by atoms with Crippen LogP contribution in [0.1, 0.15) is 75.3 Å². The molecule has 1 aromatic rings. The van der Waals surface area contributed by atoms with Crippen LogP contribution in [0, 0.1) is 11.8 Å². The van der Waals surface area contributed by atoms with E-state index in [2.05, 4.69) is 34.1 Å². The largest absolute Gasteiger partial charge is 0.383 e. The molecule has 0 bridgehead atoms. The summed E-state index contributed by atoms with van der Waals surface area (Å²) in [6, 6.07) is 9.06. The van der Waals surface area contributed by atoms with E-state index in [-0.39, 0.29) is 17.7 Å². The maximum Gasteiger partial charge on any atom is 0.229 e. The zero-order valence-electron chi connectivity index (χ0n) is 20.6. The second kappa shape index (κ2) is 11.6. The molecule has 2 heterocycles. The number of amides is 1. The van der Waals surface area contributed by atoms with Gasteiger partial charge in [0.05, 0.1) is 12.5 Å². The van der Waals surface area contributed by atoms with E-state index >= 15 is 0 Å². The summed E-state index contributed by atoms with van der Waals surface area (Å²) in [6.45, 7) is 6.56. The maximum absolute atomic E-state index is 13.6. The third-order valence-electron chi connectivity index (χ3n) is 8.32. The lowest BCUT2D eigenvalue weighted by atomic mass is 9.83. The molecule has 1 aromatic carbocycles. The number of piperidine rings is 2. The normalized spacial score (nSPS) is 26.7. The summed E-state index contributed by atoms with van der Waals surface area (Å²) in [4.78, 5) is 30.3. The van der Waals surface area contributed by atoms with Crippen LogP contribution in [0.2, 0.25) is 0 Å². The van der Waals surface area contributed by atoms with Crippen molar-refractivity contribution >= 4 is 11.7 Å². The summed E-state index contributed by atoms with van der Waals surface area (Å²) in [6.07, 6.45) is 10.0. The monoisotopic (exact) mass is 454 g/mol. The lowest BCUT2D eigenvalue weighted by molar-refractivity contribution is -0.134. The number of benzene rings is 1. The Bertz CT molecular complexity index is 791. The van der Waals surface area contributed by atoms with Gasteiger partial charge in [-0.25, -0.2) is 0 Å². The fourth-order valence-corrected chi connectivity index (χ4v) is 6.31. The average molecular weight is 455 g/mol. The third kappa shape index (κ3) is 6.05. The minimum Gasteiger partial charge on any atom is -0.383 e. The molecule has 5 nitrogen and oxygen atoms in total. The Kier molecular flexibility index (Phi) is 8.59. The van der Waals surface area contributed by atoms with Crippen LogP contribution >= 0.6 is 0 Å². The number of methoxy groups -OCH3 is 1. The molecule has 2 aliphatic heterocycles. The number of ether oxygens (including phenoxy) is 1. The Morgan fingerprint density at radius 1 is 1.09 bits per heavy atom. The van der Waals surface area contributed by atoms with Gasteiger partial charge in [-0.2, -0.15) is 0 Å². The first-order chi connectivity index (χ1) is 16.1. The molecule has 0 N–H and O–H groups in total. The van der Waals surface area contributed by atoms with Crippen molar-refractivity contribution in [2.45, 2.75) is 76.7 Å². The molecule has 3 aliphatic rings. The summed E-state index contributed by atoms with van der Waals surface area (Å²) in [5.74, 6) is 1.21. The van der Waals surface area contributed by atoms with Gasteiger partial charge in [-0.3, -0.25) is 9.59 Å². The van der Waals surface area contributed by atoms with Crippen LogP contribution in [0.15, 0.2) is 24.3 Å². The van der Waals surface area contributed by atoms with E-state index in [1.165, 1.54) is 50.8 Å². The Morgan fingerprint density at radius 2 is 1.88 bits per heavy atom. The molecule has 0 radical (unpaired) electrons. The van der Waals surface area contributed by atoms with Crippen molar-refractivity contribution in [3.63, 3.8) is 0 Å². The van der Waals surface area contributed by atoms with Gasteiger partial charge < -0.3 is 14.5 Å². The van der Waals surface area contributed by atoms with E-state index in [1.54, 1.807) is 7.11 Å². The highest BCUT2D eigenvalue weighted by Gasteiger charge is 2.35. The van der Waals surface area contributed by atoms with Crippen molar-refractivity contribution in [2.75, 3.05) is 39.9 Å². The molecule has 1 aliphatic carbocycles. The van der Waals surface area contributed by atoms with Gasteiger partial charge in [0.2, 0.25) is 5.91 Å². The Hall–Kier alpha value is -1.72. The van der Waals surface area contributed by atoms with E-state index < -0.39 is 0 Å². The van der Waals surface area contributed by atoms with Crippen LogP contribution in [-0.4, -0.2) is 67.4 Å².